The second kappa shape index (κ2) is 6.70. The lowest BCUT2D eigenvalue weighted by Crippen LogP contribution is -2.09. The molecule has 0 aliphatic heterocycles. The van der Waals surface area contributed by atoms with Gasteiger partial charge in [-0.15, -0.1) is 0 Å². The van der Waals surface area contributed by atoms with Crippen molar-refractivity contribution in [3.63, 3.8) is 0 Å². The highest BCUT2D eigenvalue weighted by Crippen LogP contribution is 2.14. The molecule has 0 saturated heterocycles. The van der Waals surface area contributed by atoms with Gasteiger partial charge in [-0.05, 0) is 29.7 Å². The molecule has 0 unspecified atom stereocenters. The molecule has 0 amide bonds. The third-order valence-electron chi connectivity index (χ3n) is 3.10. The monoisotopic (exact) mass is 270 g/mol. The molecular formula is C16H18N2O2. The predicted molar refractivity (Wildman–Crippen MR) is 78.7 cm³/mol. The number of aromatic nitrogens is 1. The van der Waals surface area contributed by atoms with E-state index in [-0.39, 0.29) is 5.97 Å². The van der Waals surface area contributed by atoms with Crippen LogP contribution in [-0.4, -0.2) is 18.1 Å². The van der Waals surface area contributed by atoms with Gasteiger partial charge < -0.3 is 10.1 Å². The number of nitrogens with zero attached hydrogens (tertiary/aromatic N) is 1. The van der Waals surface area contributed by atoms with Crippen LogP contribution in [0.5, 0.6) is 0 Å². The minimum atomic E-state index is -0.387. The topological polar surface area (TPSA) is 51.2 Å². The Kier molecular flexibility index (Phi) is 4.71. The Hall–Kier alpha value is -2.36. The Labute approximate surface area is 118 Å². The summed E-state index contributed by atoms with van der Waals surface area (Å²) in [7, 11) is 1.36. The van der Waals surface area contributed by atoms with Crippen LogP contribution in [0.2, 0.25) is 0 Å². The van der Waals surface area contributed by atoms with E-state index in [4.69, 9.17) is 4.74 Å². The van der Waals surface area contributed by atoms with Crippen LogP contribution < -0.4 is 5.32 Å². The number of anilines is 1. The van der Waals surface area contributed by atoms with Gasteiger partial charge in [-0.2, -0.15) is 0 Å². The highest BCUT2D eigenvalue weighted by Gasteiger charge is 2.11. The van der Waals surface area contributed by atoms with Crippen molar-refractivity contribution in [2.75, 3.05) is 12.4 Å². The van der Waals surface area contributed by atoms with Crippen LogP contribution in [0.25, 0.3) is 0 Å². The van der Waals surface area contributed by atoms with Gasteiger partial charge in [0.05, 0.1) is 7.11 Å². The summed E-state index contributed by atoms with van der Waals surface area (Å²) in [6.45, 7) is 2.74. The first-order valence-electron chi connectivity index (χ1n) is 6.59. The molecule has 0 aliphatic rings. The van der Waals surface area contributed by atoms with Crippen molar-refractivity contribution in [1.29, 1.82) is 0 Å². The number of hydrogen-bond acceptors (Lipinski definition) is 4. The lowest BCUT2D eigenvalue weighted by atomic mass is 10.1. The molecule has 0 aliphatic carbocycles. The van der Waals surface area contributed by atoms with E-state index < -0.39 is 0 Å². The summed E-state index contributed by atoms with van der Waals surface area (Å²) in [5, 5.41) is 3.17. The molecule has 2 rings (SSSR count). The van der Waals surface area contributed by atoms with Crippen LogP contribution in [0.3, 0.4) is 0 Å². The van der Waals surface area contributed by atoms with Crippen LogP contribution in [0, 0.1) is 0 Å². The maximum atomic E-state index is 11.6. The standard InChI is InChI=1S/C16H18N2O2/c1-3-12-6-8-13(9-7-12)11-18-15-14(16(19)20-2)5-4-10-17-15/h4-10H,3,11H2,1-2H3,(H,17,18). The SMILES string of the molecule is CCc1ccc(CNc2ncccc2C(=O)OC)cc1. The van der Waals surface area contributed by atoms with Crippen molar-refractivity contribution in [2.24, 2.45) is 0 Å². The number of carbonyl (C=O) groups is 1. The van der Waals surface area contributed by atoms with Crippen molar-refractivity contribution in [1.82, 2.24) is 4.98 Å². The van der Waals surface area contributed by atoms with Crippen LogP contribution in [0.1, 0.15) is 28.4 Å². The zero-order valence-corrected chi connectivity index (χ0v) is 11.7. The molecule has 0 bridgehead atoms. The van der Waals surface area contributed by atoms with E-state index in [0.717, 1.165) is 12.0 Å². The number of rotatable bonds is 5. The van der Waals surface area contributed by atoms with E-state index >= 15 is 0 Å². The van der Waals surface area contributed by atoms with Crippen molar-refractivity contribution in [3.8, 4) is 0 Å². The lowest BCUT2D eigenvalue weighted by Gasteiger charge is -2.09. The zero-order chi connectivity index (χ0) is 14.4. The Bertz CT molecular complexity index is 579. The van der Waals surface area contributed by atoms with Gasteiger partial charge >= 0.3 is 5.97 Å². The molecule has 4 nitrogen and oxygen atoms in total. The molecule has 2 aromatic rings. The van der Waals surface area contributed by atoms with E-state index in [1.54, 1.807) is 18.3 Å². The van der Waals surface area contributed by atoms with Crippen LogP contribution >= 0.6 is 0 Å². The van der Waals surface area contributed by atoms with Gasteiger partial charge in [0.2, 0.25) is 0 Å². The fourth-order valence-electron chi connectivity index (χ4n) is 1.90. The van der Waals surface area contributed by atoms with Crippen molar-refractivity contribution in [3.05, 3.63) is 59.3 Å². The van der Waals surface area contributed by atoms with E-state index in [0.29, 0.717) is 17.9 Å². The Morgan fingerprint density at radius 2 is 1.90 bits per heavy atom. The van der Waals surface area contributed by atoms with Crippen molar-refractivity contribution in [2.45, 2.75) is 19.9 Å². The van der Waals surface area contributed by atoms with Gasteiger partial charge in [0, 0.05) is 12.7 Å². The largest absolute Gasteiger partial charge is 0.465 e. The maximum Gasteiger partial charge on any atom is 0.341 e. The van der Waals surface area contributed by atoms with Crippen LogP contribution in [-0.2, 0) is 17.7 Å². The molecule has 1 aromatic carbocycles. The Morgan fingerprint density at radius 1 is 1.20 bits per heavy atom. The summed E-state index contributed by atoms with van der Waals surface area (Å²) in [6.07, 6.45) is 2.68. The molecule has 104 valence electrons. The fraction of sp³-hybridized carbons (Fsp3) is 0.250. The van der Waals surface area contributed by atoms with Gasteiger partial charge in [-0.3, -0.25) is 0 Å². The minimum Gasteiger partial charge on any atom is -0.465 e. The second-order valence-corrected chi connectivity index (χ2v) is 4.41. The van der Waals surface area contributed by atoms with Gasteiger partial charge in [-0.1, -0.05) is 31.2 Å². The summed E-state index contributed by atoms with van der Waals surface area (Å²) < 4.78 is 4.74. The van der Waals surface area contributed by atoms with E-state index in [1.807, 2.05) is 0 Å². The minimum absolute atomic E-state index is 0.387. The van der Waals surface area contributed by atoms with Gasteiger partial charge in [-0.25, -0.2) is 9.78 Å². The molecule has 0 radical (unpaired) electrons. The molecule has 0 spiro atoms. The first kappa shape index (κ1) is 14.1. The first-order chi connectivity index (χ1) is 9.74. The Morgan fingerprint density at radius 3 is 2.55 bits per heavy atom. The van der Waals surface area contributed by atoms with Gasteiger partial charge in [0.25, 0.3) is 0 Å². The zero-order valence-electron chi connectivity index (χ0n) is 11.7. The number of esters is 1. The van der Waals surface area contributed by atoms with Crippen LogP contribution in [0.4, 0.5) is 5.82 Å². The highest BCUT2D eigenvalue weighted by atomic mass is 16.5. The van der Waals surface area contributed by atoms with Crippen LogP contribution in [0.15, 0.2) is 42.6 Å². The van der Waals surface area contributed by atoms with Gasteiger partial charge in [0.15, 0.2) is 0 Å². The first-order valence-corrected chi connectivity index (χ1v) is 6.59. The summed E-state index contributed by atoms with van der Waals surface area (Å²) >= 11 is 0. The third kappa shape index (κ3) is 3.35. The normalized spacial score (nSPS) is 10.1. The summed E-state index contributed by atoms with van der Waals surface area (Å²) in [4.78, 5) is 15.8. The molecule has 1 N–H and O–H groups in total. The molecular weight excluding hydrogens is 252 g/mol. The number of aryl methyl sites for hydroxylation is 1. The van der Waals surface area contributed by atoms with Gasteiger partial charge in [0.1, 0.15) is 11.4 Å². The molecule has 4 heteroatoms. The summed E-state index contributed by atoms with van der Waals surface area (Å²) in [6, 6.07) is 11.8. The molecule has 0 fully saturated rings. The number of nitrogens with one attached hydrogen (secondary N) is 1. The van der Waals surface area contributed by atoms with Crippen molar-refractivity contribution >= 4 is 11.8 Å². The molecule has 1 heterocycles. The molecule has 20 heavy (non-hydrogen) atoms. The predicted octanol–water partition coefficient (Wildman–Crippen LogP) is 3.04. The third-order valence-corrected chi connectivity index (χ3v) is 3.10. The average Bonchev–Trinajstić information content (AvgIpc) is 2.53. The van der Waals surface area contributed by atoms with E-state index in [1.165, 1.54) is 12.7 Å². The molecule has 0 atom stereocenters. The average molecular weight is 270 g/mol. The number of hydrogen-bond donors (Lipinski definition) is 1. The highest BCUT2D eigenvalue weighted by molar-refractivity contribution is 5.94. The number of carbonyl (C=O) groups excluding carboxylic acids is 1. The number of benzene rings is 1. The van der Waals surface area contributed by atoms with E-state index in [2.05, 4.69) is 41.5 Å². The molecule has 0 saturated carbocycles. The quantitative estimate of drug-likeness (QED) is 0.848. The molecule has 1 aromatic heterocycles. The summed E-state index contributed by atoms with van der Waals surface area (Å²) in [5.41, 5.74) is 2.89. The lowest BCUT2D eigenvalue weighted by molar-refractivity contribution is 0.0601. The maximum absolute atomic E-state index is 11.6. The Balaban J connectivity index is 2.08. The number of pyridine rings is 1. The smallest absolute Gasteiger partial charge is 0.341 e. The number of methoxy groups -OCH3 is 1. The second-order valence-electron chi connectivity index (χ2n) is 4.41. The van der Waals surface area contributed by atoms with E-state index in [9.17, 15) is 4.79 Å². The number of ether oxygens (including phenoxy) is 1. The summed E-state index contributed by atoms with van der Waals surface area (Å²) in [5.74, 6) is 0.154. The van der Waals surface area contributed by atoms with Crippen molar-refractivity contribution < 1.29 is 9.53 Å². The fourth-order valence-corrected chi connectivity index (χ4v) is 1.90.